The SMILES string of the molecule is CCCn1cc(COC(c2ccc(C)c(CO)c2)C(C)(C)C(=O)O)nn1. The second kappa shape index (κ2) is 8.42. The highest BCUT2D eigenvalue weighted by molar-refractivity contribution is 5.74. The quantitative estimate of drug-likeness (QED) is 0.713. The summed E-state index contributed by atoms with van der Waals surface area (Å²) in [6, 6.07) is 5.52. The fourth-order valence-electron chi connectivity index (χ4n) is 2.77. The number of nitrogens with zero attached hydrogens (tertiary/aromatic N) is 3. The second-order valence-electron chi connectivity index (χ2n) is 7.03. The Kier molecular flexibility index (Phi) is 6.50. The van der Waals surface area contributed by atoms with Gasteiger partial charge in [0.2, 0.25) is 0 Å². The van der Waals surface area contributed by atoms with Gasteiger partial charge in [0, 0.05) is 6.54 Å². The van der Waals surface area contributed by atoms with Gasteiger partial charge in [-0.1, -0.05) is 30.3 Å². The smallest absolute Gasteiger partial charge is 0.312 e. The summed E-state index contributed by atoms with van der Waals surface area (Å²) in [5, 5.41) is 27.3. The summed E-state index contributed by atoms with van der Waals surface area (Å²) in [5.41, 5.74) is 1.92. The van der Waals surface area contributed by atoms with Crippen LogP contribution < -0.4 is 0 Å². The summed E-state index contributed by atoms with van der Waals surface area (Å²) >= 11 is 0. The van der Waals surface area contributed by atoms with Crippen molar-refractivity contribution >= 4 is 5.97 Å². The minimum atomic E-state index is -1.15. The molecule has 7 heteroatoms. The van der Waals surface area contributed by atoms with E-state index in [2.05, 4.69) is 17.2 Å². The van der Waals surface area contributed by atoms with Crippen molar-refractivity contribution in [2.45, 2.75) is 60.0 Å². The van der Waals surface area contributed by atoms with Crippen LogP contribution in [0.4, 0.5) is 0 Å². The van der Waals surface area contributed by atoms with Gasteiger partial charge < -0.3 is 14.9 Å². The first-order valence-electron chi connectivity index (χ1n) is 8.73. The Morgan fingerprint density at radius 1 is 1.38 bits per heavy atom. The molecule has 0 saturated carbocycles. The molecule has 1 aromatic carbocycles. The molecule has 0 spiro atoms. The molecule has 0 radical (unpaired) electrons. The summed E-state index contributed by atoms with van der Waals surface area (Å²) < 4.78 is 7.73. The maximum absolute atomic E-state index is 11.8. The normalized spacial score (nSPS) is 13.0. The lowest BCUT2D eigenvalue weighted by molar-refractivity contribution is -0.158. The number of carboxylic acids is 1. The molecule has 0 aliphatic heterocycles. The summed E-state index contributed by atoms with van der Waals surface area (Å²) in [7, 11) is 0. The van der Waals surface area contributed by atoms with Gasteiger partial charge in [-0.3, -0.25) is 9.48 Å². The molecule has 7 nitrogen and oxygen atoms in total. The molecule has 0 amide bonds. The van der Waals surface area contributed by atoms with E-state index in [1.165, 1.54) is 0 Å². The number of rotatable bonds is 9. The van der Waals surface area contributed by atoms with Crippen LogP contribution in [0.5, 0.6) is 0 Å². The van der Waals surface area contributed by atoms with E-state index >= 15 is 0 Å². The fourth-order valence-corrected chi connectivity index (χ4v) is 2.77. The Labute approximate surface area is 153 Å². The predicted molar refractivity (Wildman–Crippen MR) is 96.4 cm³/mol. The average molecular weight is 361 g/mol. The highest BCUT2D eigenvalue weighted by atomic mass is 16.5. The third-order valence-corrected chi connectivity index (χ3v) is 4.49. The maximum Gasteiger partial charge on any atom is 0.312 e. The number of hydrogen-bond donors (Lipinski definition) is 2. The third kappa shape index (κ3) is 4.47. The predicted octanol–water partition coefficient (Wildman–Crippen LogP) is 2.86. The van der Waals surface area contributed by atoms with E-state index in [1.54, 1.807) is 24.6 Å². The van der Waals surface area contributed by atoms with Gasteiger partial charge in [-0.15, -0.1) is 5.10 Å². The van der Waals surface area contributed by atoms with Crippen molar-refractivity contribution in [2.75, 3.05) is 0 Å². The Bertz CT molecular complexity index is 755. The van der Waals surface area contributed by atoms with Crippen molar-refractivity contribution in [2.24, 2.45) is 5.41 Å². The van der Waals surface area contributed by atoms with Gasteiger partial charge in [-0.2, -0.15) is 0 Å². The van der Waals surface area contributed by atoms with Crippen LogP contribution in [0.2, 0.25) is 0 Å². The minimum absolute atomic E-state index is 0.106. The van der Waals surface area contributed by atoms with Crippen molar-refractivity contribution in [3.8, 4) is 0 Å². The molecule has 1 aromatic heterocycles. The molecule has 1 heterocycles. The molecule has 2 rings (SSSR count). The third-order valence-electron chi connectivity index (χ3n) is 4.49. The molecule has 0 aliphatic carbocycles. The van der Waals surface area contributed by atoms with Gasteiger partial charge >= 0.3 is 5.97 Å². The fraction of sp³-hybridized carbons (Fsp3) is 0.526. The van der Waals surface area contributed by atoms with Gasteiger partial charge in [0.15, 0.2) is 0 Å². The number of carboxylic acid groups (broad SMARTS) is 1. The molecular weight excluding hydrogens is 334 g/mol. The standard InChI is InChI=1S/C19H27N3O4/c1-5-8-22-10-16(20-21-22)12-26-17(19(3,4)18(24)25)14-7-6-13(2)15(9-14)11-23/h6-7,9-10,17,23H,5,8,11-12H2,1-4H3,(H,24,25). The van der Waals surface area contributed by atoms with Gasteiger partial charge in [0.25, 0.3) is 0 Å². The summed E-state index contributed by atoms with van der Waals surface area (Å²) in [5.74, 6) is -0.955. The van der Waals surface area contributed by atoms with Crippen LogP contribution in [0.1, 0.15) is 55.7 Å². The average Bonchev–Trinajstić information content (AvgIpc) is 3.04. The molecule has 0 aliphatic rings. The van der Waals surface area contributed by atoms with Gasteiger partial charge in [-0.05, 0) is 43.9 Å². The molecule has 142 valence electrons. The van der Waals surface area contributed by atoms with Crippen LogP contribution in [-0.4, -0.2) is 31.2 Å². The Morgan fingerprint density at radius 3 is 2.73 bits per heavy atom. The van der Waals surface area contributed by atoms with E-state index in [0.29, 0.717) is 11.3 Å². The molecule has 2 aromatic rings. The number of aromatic nitrogens is 3. The van der Waals surface area contributed by atoms with Gasteiger partial charge in [0.05, 0.1) is 30.9 Å². The van der Waals surface area contributed by atoms with Gasteiger partial charge in [-0.25, -0.2) is 0 Å². The van der Waals surface area contributed by atoms with E-state index in [-0.39, 0.29) is 13.2 Å². The zero-order valence-electron chi connectivity index (χ0n) is 15.8. The largest absolute Gasteiger partial charge is 0.481 e. The summed E-state index contributed by atoms with van der Waals surface area (Å²) in [6.45, 7) is 8.05. The minimum Gasteiger partial charge on any atom is -0.481 e. The number of aliphatic hydroxyl groups is 1. The Morgan fingerprint density at radius 2 is 2.12 bits per heavy atom. The molecule has 0 saturated heterocycles. The molecule has 1 atom stereocenters. The highest BCUT2D eigenvalue weighted by Gasteiger charge is 2.39. The molecule has 0 fully saturated rings. The van der Waals surface area contributed by atoms with E-state index < -0.39 is 17.5 Å². The number of ether oxygens (including phenoxy) is 1. The second-order valence-corrected chi connectivity index (χ2v) is 7.03. The number of aliphatic hydroxyl groups excluding tert-OH is 1. The number of benzene rings is 1. The van der Waals surface area contributed by atoms with E-state index in [1.807, 2.05) is 25.3 Å². The first-order valence-corrected chi connectivity index (χ1v) is 8.73. The zero-order chi connectivity index (χ0) is 19.3. The van der Waals surface area contributed by atoms with Crippen molar-refractivity contribution in [3.63, 3.8) is 0 Å². The molecule has 1 unspecified atom stereocenters. The summed E-state index contributed by atoms with van der Waals surface area (Å²) in [6.07, 6.45) is 2.07. The van der Waals surface area contributed by atoms with Crippen molar-refractivity contribution in [3.05, 3.63) is 46.8 Å². The molecule has 0 bridgehead atoms. The van der Waals surface area contributed by atoms with E-state index in [4.69, 9.17) is 4.74 Å². The lowest BCUT2D eigenvalue weighted by Gasteiger charge is -2.31. The Hall–Kier alpha value is -2.25. The number of hydrogen-bond acceptors (Lipinski definition) is 5. The zero-order valence-corrected chi connectivity index (χ0v) is 15.8. The first-order chi connectivity index (χ1) is 12.3. The maximum atomic E-state index is 11.8. The lowest BCUT2D eigenvalue weighted by Crippen LogP contribution is -2.33. The lowest BCUT2D eigenvalue weighted by atomic mass is 9.82. The van der Waals surface area contributed by atoms with Gasteiger partial charge in [0.1, 0.15) is 5.69 Å². The Balaban J connectivity index is 2.28. The molecular formula is C19H27N3O4. The van der Waals surface area contributed by atoms with Crippen molar-refractivity contribution in [1.29, 1.82) is 0 Å². The van der Waals surface area contributed by atoms with Crippen LogP contribution in [0.15, 0.2) is 24.4 Å². The monoisotopic (exact) mass is 361 g/mol. The number of carbonyl (C=O) groups is 1. The molecule has 26 heavy (non-hydrogen) atoms. The molecule has 2 N–H and O–H groups in total. The van der Waals surface area contributed by atoms with Crippen molar-refractivity contribution < 1.29 is 19.7 Å². The number of aliphatic carboxylic acids is 1. The van der Waals surface area contributed by atoms with Crippen LogP contribution in [0.25, 0.3) is 0 Å². The van der Waals surface area contributed by atoms with Crippen LogP contribution in [0, 0.1) is 12.3 Å². The van der Waals surface area contributed by atoms with E-state index in [9.17, 15) is 15.0 Å². The van der Waals surface area contributed by atoms with Crippen LogP contribution in [0.3, 0.4) is 0 Å². The highest BCUT2D eigenvalue weighted by Crippen LogP contribution is 2.38. The number of aryl methyl sites for hydroxylation is 2. The topological polar surface area (TPSA) is 97.5 Å². The van der Waals surface area contributed by atoms with Crippen LogP contribution >= 0.6 is 0 Å². The summed E-state index contributed by atoms with van der Waals surface area (Å²) in [4.78, 5) is 11.8. The van der Waals surface area contributed by atoms with E-state index in [0.717, 1.165) is 24.1 Å². The first kappa shape index (κ1) is 20.1. The van der Waals surface area contributed by atoms with Crippen molar-refractivity contribution in [1.82, 2.24) is 15.0 Å². The van der Waals surface area contributed by atoms with Crippen LogP contribution in [-0.2, 0) is 29.3 Å².